The van der Waals surface area contributed by atoms with E-state index in [4.69, 9.17) is 21.4 Å². The van der Waals surface area contributed by atoms with Gasteiger partial charge in [0.2, 0.25) is 0 Å². The minimum Gasteiger partial charge on any atom is -0.495 e. The van der Waals surface area contributed by atoms with E-state index >= 15 is 0 Å². The maximum atomic E-state index is 13.0. The van der Waals surface area contributed by atoms with Gasteiger partial charge in [0.05, 0.1) is 17.8 Å². The average molecular weight is 409 g/mol. The molecule has 1 amide bonds. The molecule has 0 atom stereocenters. The van der Waals surface area contributed by atoms with Gasteiger partial charge in [-0.05, 0) is 42.1 Å². The molecule has 1 aromatic carbocycles. The minimum absolute atomic E-state index is 0.0977. The number of amides is 1. The van der Waals surface area contributed by atoms with Crippen LogP contribution in [-0.4, -0.2) is 35.7 Å². The van der Waals surface area contributed by atoms with E-state index in [0.29, 0.717) is 39.5 Å². The Kier molecular flexibility index (Phi) is 6.37. The first-order valence-corrected chi connectivity index (χ1v) is 10.1. The highest BCUT2D eigenvalue weighted by molar-refractivity contribution is 8.14. The number of halogens is 1. The third kappa shape index (κ3) is 4.12. The summed E-state index contributed by atoms with van der Waals surface area (Å²) >= 11 is 9.20. The van der Waals surface area contributed by atoms with Crippen molar-refractivity contribution in [2.75, 3.05) is 24.4 Å². The van der Waals surface area contributed by atoms with Crippen LogP contribution in [0.4, 0.5) is 5.69 Å². The topological polar surface area (TPSA) is 62.1 Å². The number of hydrogen-bond acceptors (Lipinski definition) is 6. The summed E-state index contributed by atoms with van der Waals surface area (Å²) in [5.41, 5.74) is 1.01. The van der Waals surface area contributed by atoms with Gasteiger partial charge in [-0.25, -0.2) is 4.99 Å². The maximum absolute atomic E-state index is 13.0. The summed E-state index contributed by atoms with van der Waals surface area (Å²) in [5.74, 6) is 1.00. The first kappa shape index (κ1) is 19.0. The van der Waals surface area contributed by atoms with Crippen LogP contribution < -0.4 is 9.64 Å². The Balaban J connectivity index is 1.94. The largest absolute Gasteiger partial charge is 0.495 e. The first-order chi connectivity index (χ1) is 12.6. The van der Waals surface area contributed by atoms with E-state index in [1.807, 2.05) is 17.5 Å². The van der Waals surface area contributed by atoms with E-state index in [1.165, 1.54) is 11.8 Å². The number of carbonyl (C=O) groups is 1. The molecule has 0 fully saturated rings. The van der Waals surface area contributed by atoms with Crippen molar-refractivity contribution >= 4 is 57.5 Å². The molecule has 0 bridgehead atoms. The molecule has 0 unspecified atom stereocenters. The van der Waals surface area contributed by atoms with Crippen LogP contribution in [0.5, 0.6) is 5.75 Å². The second-order valence-corrected chi connectivity index (χ2v) is 7.77. The number of nitrogens with zero attached hydrogens (tertiary/aromatic N) is 2. The number of aliphatic hydroxyl groups is 1. The van der Waals surface area contributed by atoms with E-state index in [1.54, 1.807) is 47.6 Å². The van der Waals surface area contributed by atoms with Crippen LogP contribution in [0.15, 0.2) is 46.4 Å². The van der Waals surface area contributed by atoms with Crippen molar-refractivity contribution in [1.82, 2.24) is 0 Å². The maximum Gasteiger partial charge on any atom is 0.283 e. The Labute approximate surface area is 165 Å². The minimum atomic E-state index is -0.203. The predicted octanol–water partition coefficient (Wildman–Crippen LogP) is 4.27. The van der Waals surface area contributed by atoms with Gasteiger partial charge in [-0.3, -0.25) is 9.69 Å². The number of hydrogen-bond donors (Lipinski definition) is 1. The van der Waals surface area contributed by atoms with Crippen LogP contribution in [0.1, 0.15) is 11.3 Å². The SMILES string of the molecule is COc1ccc(N2C(=O)/C(=C\c3cccs3)N=C2SCCCO)cc1Cl. The van der Waals surface area contributed by atoms with Gasteiger partial charge in [-0.15, -0.1) is 11.3 Å². The number of ether oxygens (including phenoxy) is 1. The molecule has 2 heterocycles. The first-order valence-electron chi connectivity index (χ1n) is 7.89. The molecule has 0 saturated heterocycles. The van der Waals surface area contributed by atoms with Crippen LogP contribution in [-0.2, 0) is 4.79 Å². The van der Waals surface area contributed by atoms with E-state index in [-0.39, 0.29) is 12.5 Å². The van der Waals surface area contributed by atoms with Crippen LogP contribution in [0.2, 0.25) is 5.02 Å². The lowest BCUT2D eigenvalue weighted by Crippen LogP contribution is -2.30. The lowest BCUT2D eigenvalue weighted by molar-refractivity contribution is -0.113. The zero-order valence-electron chi connectivity index (χ0n) is 14.0. The summed E-state index contributed by atoms with van der Waals surface area (Å²) < 4.78 is 5.18. The van der Waals surface area contributed by atoms with Crippen molar-refractivity contribution in [3.8, 4) is 5.75 Å². The van der Waals surface area contributed by atoms with Crippen LogP contribution >= 0.6 is 34.7 Å². The summed E-state index contributed by atoms with van der Waals surface area (Å²) in [7, 11) is 1.54. The van der Waals surface area contributed by atoms with Crippen molar-refractivity contribution in [2.45, 2.75) is 6.42 Å². The highest BCUT2D eigenvalue weighted by Gasteiger charge is 2.32. The Morgan fingerprint density at radius 1 is 1.42 bits per heavy atom. The van der Waals surface area contributed by atoms with Crippen LogP contribution in [0.3, 0.4) is 0 Å². The van der Waals surface area contributed by atoms with E-state index in [0.717, 1.165) is 4.88 Å². The van der Waals surface area contributed by atoms with Gasteiger partial charge in [-0.1, -0.05) is 29.4 Å². The summed E-state index contributed by atoms with van der Waals surface area (Å²) in [6.07, 6.45) is 2.41. The van der Waals surface area contributed by atoms with Gasteiger partial charge in [-0.2, -0.15) is 0 Å². The smallest absolute Gasteiger partial charge is 0.283 e. The quantitative estimate of drug-likeness (QED) is 0.572. The molecule has 0 saturated carbocycles. The molecule has 0 spiro atoms. The lowest BCUT2D eigenvalue weighted by atomic mass is 10.2. The van der Waals surface area contributed by atoms with E-state index in [9.17, 15) is 4.79 Å². The monoisotopic (exact) mass is 408 g/mol. The Hall–Kier alpha value is -1.80. The highest BCUT2D eigenvalue weighted by atomic mass is 35.5. The van der Waals surface area contributed by atoms with Crippen molar-refractivity contribution in [1.29, 1.82) is 0 Å². The molecule has 1 aliphatic heterocycles. The molecule has 1 N–H and O–H groups in total. The van der Waals surface area contributed by atoms with Crippen LogP contribution in [0.25, 0.3) is 6.08 Å². The molecule has 2 aromatic rings. The molecule has 136 valence electrons. The van der Waals surface area contributed by atoms with Gasteiger partial charge >= 0.3 is 0 Å². The van der Waals surface area contributed by atoms with E-state index in [2.05, 4.69) is 4.99 Å². The summed E-state index contributed by atoms with van der Waals surface area (Å²) in [6.45, 7) is 0.0977. The molecular formula is C18H17ClN2O3S2. The summed E-state index contributed by atoms with van der Waals surface area (Å²) in [6, 6.07) is 9.05. The van der Waals surface area contributed by atoms with Crippen molar-refractivity contribution in [2.24, 2.45) is 4.99 Å². The number of anilines is 1. The lowest BCUT2D eigenvalue weighted by Gasteiger charge is -2.18. The zero-order valence-corrected chi connectivity index (χ0v) is 16.4. The Morgan fingerprint density at radius 3 is 2.92 bits per heavy atom. The normalized spacial score (nSPS) is 15.7. The molecule has 5 nitrogen and oxygen atoms in total. The third-order valence-corrected chi connectivity index (χ3v) is 5.72. The number of thioether (sulfide) groups is 1. The number of aliphatic hydroxyl groups excluding tert-OH is 1. The number of carbonyl (C=O) groups excluding carboxylic acids is 1. The molecule has 3 rings (SSSR count). The highest BCUT2D eigenvalue weighted by Crippen LogP contribution is 2.34. The Morgan fingerprint density at radius 2 is 2.27 bits per heavy atom. The second kappa shape index (κ2) is 8.73. The predicted molar refractivity (Wildman–Crippen MR) is 109 cm³/mol. The van der Waals surface area contributed by atoms with Gasteiger partial charge < -0.3 is 9.84 Å². The number of rotatable bonds is 6. The summed E-state index contributed by atoms with van der Waals surface area (Å²) in [5, 5.41) is 12.0. The molecule has 8 heteroatoms. The van der Waals surface area contributed by atoms with Crippen molar-refractivity contribution in [3.63, 3.8) is 0 Å². The number of thiophene rings is 1. The average Bonchev–Trinajstić information content (AvgIpc) is 3.24. The fourth-order valence-electron chi connectivity index (χ4n) is 2.35. The fraction of sp³-hybridized carbons (Fsp3) is 0.222. The standard InChI is InChI=1S/C18H17ClN2O3S2/c1-24-16-6-5-12(10-14(16)19)21-17(23)15(11-13-4-2-8-25-13)20-18(21)26-9-3-7-22/h2,4-6,8,10-11,22H,3,7,9H2,1H3/b15-11+. The summed E-state index contributed by atoms with van der Waals surface area (Å²) in [4.78, 5) is 20.0. The molecular weight excluding hydrogens is 392 g/mol. The van der Waals surface area contributed by atoms with Crippen LogP contribution in [0, 0.1) is 0 Å². The van der Waals surface area contributed by atoms with Crippen molar-refractivity contribution in [3.05, 3.63) is 51.3 Å². The Bertz CT molecular complexity index is 850. The third-order valence-electron chi connectivity index (χ3n) is 3.58. The van der Waals surface area contributed by atoms with Crippen molar-refractivity contribution < 1.29 is 14.6 Å². The number of amidine groups is 1. The number of aliphatic imine (C=N–C) groups is 1. The molecule has 1 aliphatic rings. The van der Waals surface area contributed by atoms with E-state index < -0.39 is 0 Å². The van der Waals surface area contributed by atoms with Gasteiger partial charge in [0.25, 0.3) is 5.91 Å². The second-order valence-electron chi connectivity index (χ2n) is 5.32. The van der Waals surface area contributed by atoms with Gasteiger partial charge in [0, 0.05) is 17.2 Å². The molecule has 0 radical (unpaired) electrons. The molecule has 26 heavy (non-hydrogen) atoms. The molecule has 1 aromatic heterocycles. The zero-order chi connectivity index (χ0) is 18.5. The number of methoxy groups -OCH3 is 1. The molecule has 0 aliphatic carbocycles. The fourth-order valence-corrected chi connectivity index (χ4v) is 4.19. The van der Waals surface area contributed by atoms with Gasteiger partial charge in [0.1, 0.15) is 11.4 Å². The number of benzene rings is 1. The van der Waals surface area contributed by atoms with Gasteiger partial charge in [0.15, 0.2) is 5.17 Å².